The third kappa shape index (κ3) is 2.37. The van der Waals surface area contributed by atoms with E-state index >= 15 is 0 Å². The van der Waals surface area contributed by atoms with Crippen LogP contribution in [0.1, 0.15) is 34.7 Å². The van der Waals surface area contributed by atoms with Crippen LogP contribution in [0.4, 0.5) is 0 Å². The number of hydrogen-bond acceptors (Lipinski definition) is 1. The fourth-order valence-corrected chi connectivity index (χ4v) is 2.74. The molecule has 0 radical (unpaired) electrons. The first-order valence-electron chi connectivity index (χ1n) is 6.71. The van der Waals surface area contributed by atoms with E-state index in [-0.39, 0.29) is 11.7 Å². The lowest BCUT2D eigenvalue weighted by Crippen LogP contribution is -2.09. The molecular formula is C18H16O. The summed E-state index contributed by atoms with van der Waals surface area (Å²) in [7, 11) is 0. The van der Waals surface area contributed by atoms with E-state index in [9.17, 15) is 4.79 Å². The van der Waals surface area contributed by atoms with Crippen LogP contribution >= 0.6 is 0 Å². The van der Waals surface area contributed by atoms with E-state index in [1.807, 2.05) is 48.5 Å². The van der Waals surface area contributed by atoms with Crippen molar-refractivity contribution < 1.29 is 4.79 Å². The Labute approximate surface area is 113 Å². The second kappa shape index (κ2) is 5.23. The lowest BCUT2D eigenvalue weighted by molar-refractivity contribution is 0.102. The van der Waals surface area contributed by atoms with Crippen molar-refractivity contribution in [3.8, 4) is 0 Å². The number of Topliss-reactive ketones (excluding diaryl/α,β-unsaturated/α-hetero) is 1. The molecule has 3 rings (SSSR count). The standard InChI is InChI=1S/C18H16O/c19-18(15-10-5-2-6-11-15)17-13-7-12-16(17)14-8-3-1-4-9-14/h1-6,8-11,13,16H,7,12H2. The van der Waals surface area contributed by atoms with E-state index in [0.717, 1.165) is 24.0 Å². The molecule has 1 nitrogen and oxygen atoms in total. The zero-order valence-electron chi connectivity index (χ0n) is 10.8. The van der Waals surface area contributed by atoms with Crippen LogP contribution in [0.15, 0.2) is 72.3 Å². The minimum Gasteiger partial charge on any atom is -0.289 e. The average Bonchev–Trinajstić information content (AvgIpc) is 2.98. The maximum Gasteiger partial charge on any atom is 0.189 e. The van der Waals surface area contributed by atoms with Crippen molar-refractivity contribution in [2.45, 2.75) is 18.8 Å². The van der Waals surface area contributed by atoms with Gasteiger partial charge in [-0.25, -0.2) is 0 Å². The van der Waals surface area contributed by atoms with Gasteiger partial charge in [0, 0.05) is 17.1 Å². The molecule has 2 aromatic rings. The number of benzene rings is 2. The summed E-state index contributed by atoms with van der Waals surface area (Å²) in [5.74, 6) is 0.431. The summed E-state index contributed by atoms with van der Waals surface area (Å²) in [5, 5.41) is 0. The SMILES string of the molecule is O=C(C1=CCCC1c1ccccc1)c1ccccc1. The highest BCUT2D eigenvalue weighted by atomic mass is 16.1. The first-order chi connectivity index (χ1) is 9.36. The number of carbonyl (C=O) groups excluding carboxylic acids is 1. The summed E-state index contributed by atoms with van der Waals surface area (Å²) in [4.78, 5) is 12.6. The van der Waals surface area contributed by atoms with Crippen LogP contribution in [-0.4, -0.2) is 5.78 Å². The minimum atomic E-state index is 0.173. The second-order valence-electron chi connectivity index (χ2n) is 4.90. The van der Waals surface area contributed by atoms with Gasteiger partial charge in [0.2, 0.25) is 0 Å². The topological polar surface area (TPSA) is 17.1 Å². The Morgan fingerprint density at radius 2 is 1.53 bits per heavy atom. The molecule has 1 aliphatic rings. The van der Waals surface area contributed by atoms with E-state index in [4.69, 9.17) is 0 Å². The monoisotopic (exact) mass is 248 g/mol. The molecule has 0 aromatic heterocycles. The molecule has 2 aromatic carbocycles. The van der Waals surface area contributed by atoms with Crippen LogP contribution in [0, 0.1) is 0 Å². The maximum absolute atomic E-state index is 12.6. The molecule has 0 aliphatic heterocycles. The number of rotatable bonds is 3. The molecule has 0 heterocycles. The van der Waals surface area contributed by atoms with Gasteiger partial charge in [0.05, 0.1) is 0 Å². The van der Waals surface area contributed by atoms with E-state index in [1.165, 1.54) is 5.56 Å². The summed E-state index contributed by atoms with van der Waals surface area (Å²) in [6.45, 7) is 0. The first-order valence-corrected chi connectivity index (χ1v) is 6.71. The van der Waals surface area contributed by atoms with Crippen molar-refractivity contribution in [3.05, 3.63) is 83.4 Å². The highest BCUT2D eigenvalue weighted by Gasteiger charge is 2.26. The molecule has 94 valence electrons. The number of hydrogen-bond donors (Lipinski definition) is 0. The van der Waals surface area contributed by atoms with Gasteiger partial charge in [-0.15, -0.1) is 0 Å². The highest BCUT2D eigenvalue weighted by Crippen LogP contribution is 2.36. The predicted molar refractivity (Wildman–Crippen MR) is 77.3 cm³/mol. The fourth-order valence-electron chi connectivity index (χ4n) is 2.74. The zero-order chi connectivity index (χ0) is 13.1. The molecular weight excluding hydrogens is 232 g/mol. The third-order valence-electron chi connectivity index (χ3n) is 3.70. The highest BCUT2D eigenvalue weighted by molar-refractivity contribution is 6.09. The largest absolute Gasteiger partial charge is 0.289 e. The normalized spacial score (nSPS) is 18.1. The van der Waals surface area contributed by atoms with Gasteiger partial charge in [-0.1, -0.05) is 66.7 Å². The van der Waals surface area contributed by atoms with Gasteiger partial charge >= 0.3 is 0 Å². The Morgan fingerprint density at radius 3 is 2.21 bits per heavy atom. The molecule has 0 N–H and O–H groups in total. The second-order valence-corrected chi connectivity index (χ2v) is 4.90. The van der Waals surface area contributed by atoms with Crippen molar-refractivity contribution in [2.24, 2.45) is 0 Å². The lowest BCUT2D eigenvalue weighted by atomic mass is 9.88. The van der Waals surface area contributed by atoms with Crippen LogP contribution in [-0.2, 0) is 0 Å². The number of allylic oxidation sites excluding steroid dienone is 2. The van der Waals surface area contributed by atoms with Gasteiger partial charge in [-0.2, -0.15) is 0 Å². The van der Waals surface area contributed by atoms with Crippen LogP contribution in [0.2, 0.25) is 0 Å². The molecule has 0 fully saturated rings. The molecule has 1 heteroatoms. The van der Waals surface area contributed by atoms with Gasteiger partial charge in [0.15, 0.2) is 5.78 Å². The smallest absolute Gasteiger partial charge is 0.189 e. The van der Waals surface area contributed by atoms with E-state index in [0.29, 0.717) is 0 Å². The number of carbonyl (C=O) groups is 1. The molecule has 0 saturated carbocycles. The summed E-state index contributed by atoms with van der Waals surface area (Å²) < 4.78 is 0. The van der Waals surface area contributed by atoms with Crippen LogP contribution in [0.5, 0.6) is 0 Å². The average molecular weight is 248 g/mol. The van der Waals surface area contributed by atoms with Gasteiger partial charge in [-0.05, 0) is 18.4 Å². The van der Waals surface area contributed by atoms with Crippen LogP contribution in [0.25, 0.3) is 0 Å². The molecule has 0 bridgehead atoms. The zero-order valence-corrected chi connectivity index (χ0v) is 10.8. The van der Waals surface area contributed by atoms with Crippen molar-refractivity contribution in [3.63, 3.8) is 0 Å². The minimum absolute atomic E-state index is 0.173. The van der Waals surface area contributed by atoms with Gasteiger partial charge in [0.25, 0.3) is 0 Å². The quantitative estimate of drug-likeness (QED) is 0.737. The molecule has 19 heavy (non-hydrogen) atoms. The molecule has 0 amide bonds. The summed E-state index contributed by atoms with van der Waals surface area (Å²) in [6, 6.07) is 19.9. The van der Waals surface area contributed by atoms with Crippen molar-refractivity contribution in [2.75, 3.05) is 0 Å². The van der Waals surface area contributed by atoms with Crippen LogP contribution < -0.4 is 0 Å². The Morgan fingerprint density at radius 1 is 0.895 bits per heavy atom. The maximum atomic E-state index is 12.6. The van der Waals surface area contributed by atoms with Gasteiger partial charge in [0.1, 0.15) is 0 Å². The fraction of sp³-hybridized carbons (Fsp3) is 0.167. The van der Waals surface area contributed by atoms with Gasteiger partial charge in [-0.3, -0.25) is 4.79 Å². The molecule has 0 spiro atoms. The molecule has 1 aliphatic carbocycles. The van der Waals surface area contributed by atoms with Crippen molar-refractivity contribution >= 4 is 5.78 Å². The molecule has 1 atom stereocenters. The molecule has 1 unspecified atom stereocenters. The Balaban J connectivity index is 1.90. The summed E-state index contributed by atoms with van der Waals surface area (Å²) in [5.41, 5.74) is 2.99. The predicted octanol–water partition coefficient (Wildman–Crippen LogP) is 4.37. The van der Waals surface area contributed by atoms with E-state index in [2.05, 4.69) is 18.2 Å². The number of ketones is 1. The van der Waals surface area contributed by atoms with Crippen molar-refractivity contribution in [1.82, 2.24) is 0 Å². The van der Waals surface area contributed by atoms with E-state index in [1.54, 1.807) is 0 Å². The molecule has 0 saturated heterocycles. The Kier molecular flexibility index (Phi) is 3.28. The van der Waals surface area contributed by atoms with Crippen LogP contribution in [0.3, 0.4) is 0 Å². The first kappa shape index (κ1) is 11.9. The Bertz CT molecular complexity index is 596. The third-order valence-corrected chi connectivity index (χ3v) is 3.70. The van der Waals surface area contributed by atoms with E-state index < -0.39 is 0 Å². The van der Waals surface area contributed by atoms with Crippen molar-refractivity contribution in [1.29, 1.82) is 0 Å². The summed E-state index contributed by atoms with van der Waals surface area (Å²) >= 11 is 0. The lowest BCUT2D eigenvalue weighted by Gasteiger charge is -2.14. The Hall–Kier alpha value is -2.15. The summed E-state index contributed by atoms with van der Waals surface area (Å²) in [6.07, 6.45) is 4.14. The van der Waals surface area contributed by atoms with Gasteiger partial charge < -0.3 is 0 Å².